The van der Waals surface area contributed by atoms with Gasteiger partial charge in [0, 0.05) is 37.3 Å². The summed E-state index contributed by atoms with van der Waals surface area (Å²) in [5, 5.41) is 9.20. The number of rotatable bonds is 11. The highest BCUT2D eigenvalue weighted by Crippen LogP contribution is 2.32. The lowest BCUT2D eigenvalue weighted by molar-refractivity contribution is -0.138. The van der Waals surface area contributed by atoms with Gasteiger partial charge in [-0.15, -0.1) is 0 Å². The second-order valence-corrected chi connectivity index (χ2v) is 11.8. The molecule has 0 atom stereocenters. The van der Waals surface area contributed by atoms with Crippen LogP contribution in [-0.2, 0) is 18.0 Å². The van der Waals surface area contributed by atoms with Crippen LogP contribution in [0.15, 0.2) is 95.8 Å². The van der Waals surface area contributed by atoms with Crippen LogP contribution in [0.4, 0.5) is 5.69 Å². The van der Waals surface area contributed by atoms with Gasteiger partial charge in [0.05, 0.1) is 11.0 Å². The third-order valence-electron chi connectivity index (χ3n) is 8.32. The number of aromatic nitrogens is 3. The molecule has 45 heavy (non-hydrogen) atoms. The summed E-state index contributed by atoms with van der Waals surface area (Å²) in [6, 6.07) is 29.3. The molecule has 6 rings (SSSR count). The maximum absolute atomic E-state index is 14.1. The Morgan fingerprint density at radius 2 is 1.51 bits per heavy atom. The molecular weight excluding hydrogens is 568 g/mol. The molecule has 232 valence electrons. The van der Waals surface area contributed by atoms with Crippen LogP contribution in [0.3, 0.4) is 0 Å². The standard InChI is InChI=1S/C36H38N4O5/c1-25(2)39-32-22-29(38-19-17-26(18-20-38)21-34(41)42)13-14-30(32)40(36(39)43)31-15-16-33(44-23-27-9-5-3-6-10-27)37-35(31)45-24-28-11-7-4-8-12-28/h3-16,22,25-26H,17-21,23-24H2,1-2H3,(H,41,42). The van der Waals surface area contributed by atoms with E-state index in [4.69, 9.17) is 14.5 Å². The van der Waals surface area contributed by atoms with Gasteiger partial charge in [-0.1, -0.05) is 60.7 Å². The van der Waals surface area contributed by atoms with E-state index in [2.05, 4.69) is 11.0 Å². The van der Waals surface area contributed by atoms with Crippen molar-refractivity contribution in [1.82, 2.24) is 14.1 Å². The molecule has 9 heteroatoms. The van der Waals surface area contributed by atoms with Crippen LogP contribution in [0.5, 0.6) is 11.8 Å². The van der Waals surface area contributed by atoms with Gasteiger partial charge < -0.3 is 19.5 Å². The number of pyridine rings is 1. The van der Waals surface area contributed by atoms with E-state index in [9.17, 15) is 14.7 Å². The van der Waals surface area contributed by atoms with Crippen LogP contribution in [0, 0.1) is 5.92 Å². The van der Waals surface area contributed by atoms with Crippen LogP contribution in [-0.4, -0.2) is 38.3 Å². The first-order chi connectivity index (χ1) is 21.9. The van der Waals surface area contributed by atoms with Gasteiger partial charge >= 0.3 is 11.7 Å². The van der Waals surface area contributed by atoms with E-state index in [1.807, 2.05) is 92.7 Å². The van der Waals surface area contributed by atoms with Gasteiger partial charge in [0.2, 0.25) is 11.8 Å². The fraction of sp³-hybridized carbons (Fsp3) is 0.306. The Kier molecular flexibility index (Phi) is 8.86. The number of imidazole rings is 1. The Balaban J connectivity index is 1.36. The van der Waals surface area contributed by atoms with Crippen molar-refractivity contribution in [2.45, 2.75) is 52.4 Å². The Hall–Kier alpha value is -5.05. The molecule has 1 saturated heterocycles. The molecule has 3 heterocycles. The van der Waals surface area contributed by atoms with Crippen LogP contribution in [0.25, 0.3) is 16.7 Å². The Bertz CT molecular complexity index is 1820. The third kappa shape index (κ3) is 6.72. The van der Waals surface area contributed by atoms with E-state index in [1.165, 1.54) is 0 Å². The number of nitrogens with zero attached hydrogens (tertiary/aromatic N) is 4. The molecule has 0 amide bonds. The minimum absolute atomic E-state index is 0.0899. The number of carboxylic acids is 1. The summed E-state index contributed by atoms with van der Waals surface area (Å²) in [5.41, 5.74) is 4.95. The highest BCUT2D eigenvalue weighted by molar-refractivity contribution is 5.83. The molecule has 0 spiro atoms. The summed E-state index contributed by atoms with van der Waals surface area (Å²) in [6.07, 6.45) is 1.87. The SMILES string of the molecule is CC(C)n1c(=O)n(-c2ccc(OCc3ccccc3)nc2OCc2ccccc2)c2ccc(N3CCC(CC(=O)O)CC3)cc21. The normalized spacial score (nSPS) is 13.8. The minimum atomic E-state index is -0.741. The number of benzene rings is 3. The number of piperidine rings is 1. The first-order valence-corrected chi connectivity index (χ1v) is 15.5. The number of carbonyl (C=O) groups is 1. The summed E-state index contributed by atoms with van der Waals surface area (Å²) < 4.78 is 15.8. The van der Waals surface area contributed by atoms with Gasteiger partial charge in [0.15, 0.2) is 0 Å². The van der Waals surface area contributed by atoms with Gasteiger partial charge in [-0.25, -0.2) is 4.79 Å². The molecule has 1 aliphatic rings. The Morgan fingerprint density at radius 3 is 2.13 bits per heavy atom. The predicted octanol–water partition coefficient (Wildman–Crippen LogP) is 6.62. The fourth-order valence-corrected chi connectivity index (χ4v) is 6.01. The topological polar surface area (TPSA) is 98.8 Å². The molecular formula is C36H38N4O5. The minimum Gasteiger partial charge on any atom is -0.481 e. The number of hydrogen-bond donors (Lipinski definition) is 1. The average molecular weight is 607 g/mol. The highest BCUT2D eigenvalue weighted by Gasteiger charge is 2.25. The maximum Gasteiger partial charge on any atom is 0.334 e. The second kappa shape index (κ2) is 13.3. The summed E-state index contributed by atoms with van der Waals surface area (Å²) in [7, 11) is 0. The average Bonchev–Trinajstić information content (AvgIpc) is 3.34. The van der Waals surface area contributed by atoms with Crippen molar-refractivity contribution >= 4 is 22.7 Å². The molecule has 0 unspecified atom stereocenters. The molecule has 9 nitrogen and oxygen atoms in total. The molecule has 5 aromatic rings. The van der Waals surface area contributed by atoms with Gasteiger partial charge in [-0.05, 0) is 68.0 Å². The number of anilines is 1. The van der Waals surface area contributed by atoms with Crippen molar-refractivity contribution in [3.63, 3.8) is 0 Å². The van der Waals surface area contributed by atoms with Crippen molar-refractivity contribution in [3.8, 4) is 17.4 Å². The summed E-state index contributed by atoms with van der Waals surface area (Å²) >= 11 is 0. The van der Waals surface area contributed by atoms with Crippen molar-refractivity contribution in [2.75, 3.05) is 18.0 Å². The van der Waals surface area contributed by atoms with Crippen LogP contribution in [0.1, 0.15) is 50.3 Å². The van der Waals surface area contributed by atoms with E-state index in [-0.39, 0.29) is 30.7 Å². The highest BCUT2D eigenvalue weighted by atomic mass is 16.5. The van der Waals surface area contributed by atoms with E-state index >= 15 is 0 Å². The van der Waals surface area contributed by atoms with Gasteiger partial charge in [0.1, 0.15) is 18.9 Å². The third-order valence-corrected chi connectivity index (χ3v) is 8.32. The predicted molar refractivity (Wildman–Crippen MR) is 174 cm³/mol. The van der Waals surface area contributed by atoms with Crippen LogP contribution < -0.4 is 20.1 Å². The lowest BCUT2D eigenvalue weighted by Gasteiger charge is -2.33. The van der Waals surface area contributed by atoms with Crippen molar-refractivity contribution < 1.29 is 19.4 Å². The monoisotopic (exact) mass is 606 g/mol. The smallest absolute Gasteiger partial charge is 0.334 e. The Labute approximate surface area is 262 Å². The Morgan fingerprint density at radius 1 is 0.867 bits per heavy atom. The largest absolute Gasteiger partial charge is 0.481 e. The first-order valence-electron chi connectivity index (χ1n) is 15.5. The van der Waals surface area contributed by atoms with E-state index < -0.39 is 5.97 Å². The van der Waals surface area contributed by atoms with Crippen LogP contribution >= 0.6 is 0 Å². The molecule has 0 radical (unpaired) electrons. The molecule has 1 aliphatic heterocycles. The molecule has 3 aromatic carbocycles. The first kappa shape index (κ1) is 30.0. The number of ether oxygens (including phenoxy) is 2. The number of hydrogen-bond acceptors (Lipinski definition) is 6. The fourth-order valence-electron chi connectivity index (χ4n) is 6.01. The molecule has 1 fully saturated rings. The van der Waals surface area contributed by atoms with Gasteiger partial charge in [-0.3, -0.25) is 13.9 Å². The van der Waals surface area contributed by atoms with Crippen molar-refractivity contribution in [3.05, 3.63) is 113 Å². The van der Waals surface area contributed by atoms with Crippen molar-refractivity contribution in [1.29, 1.82) is 0 Å². The van der Waals surface area contributed by atoms with E-state index in [1.54, 1.807) is 15.2 Å². The molecule has 0 aliphatic carbocycles. The quantitative estimate of drug-likeness (QED) is 0.181. The zero-order valence-corrected chi connectivity index (χ0v) is 25.6. The van der Waals surface area contributed by atoms with E-state index in [0.717, 1.165) is 53.8 Å². The second-order valence-electron chi connectivity index (χ2n) is 11.8. The zero-order valence-electron chi connectivity index (χ0n) is 25.6. The lowest BCUT2D eigenvalue weighted by atomic mass is 9.93. The lowest BCUT2D eigenvalue weighted by Crippen LogP contribution is -2.34. The summed E-state index contributed by atoms with van der Waals surface area (Å²) in [4.78, 5) is 32.3. The molecule has 0 saturated carbocycles. The molecule has 2 aromatic heterocycles. The van der Waals surface area contributed by atoms with Crippen molar-refractivity contribution in [2.24, 2.45) is 5.92 Å². The van der Waals surface area contributed by atoms with Gasteiger partial charge in [0.25, 0.3) is 0 Å². The molecule has 0 bridgehead atoms. The summed E-state index contributed by atoms with van der Waals surface area (Å²) in [5.74, 6) is 0.159. The number of carboxylic acid groups (broad SMARTS) is 1. The maximum atomic E-state index is 14.1. The zero-order chi connectivity index (χ0) is 31.3. The summed E-state index contributed by atoms with van der Waals surface area (Å²) in [6.45, 7) is 6.20. The molecule has 1 N–H and O–H groups in total. The van der Waals surface area contributed by atoms with E-state index in [0.29, 0.717) is 24.1 Å². The number of aliphatic carboxylic acids is 1. The van der Waals surface area contributed by atoms with Crippen LogP contribution in [0.2, 0.25) is 0 Å². The number of fused-ring (bicyclic) bond motifs is 1. The van der Waals surface area contributed by atoms with Gasteiger partial charge in [-0.2, -0.15) is 4.98 Å².